The standard InChI is InChI=1S/C11H15F5O2/c1-7(8-5-3-2-4-6-8)18-9(17)10(12,13)11(14,15)16/h7-8H,2-6H2,1H3. The normalized spacial score (nSPS) is 20.6. The van der Waals surface area contributed by atoms with Crippen molar-refractivity contribution in [2.24, 2.45) is 5.92 Å². The molecule has 0 radical (unpaired) electrons. The fraction of sp³-hybridized carbons (Fsp3) is 0.909. The third-order valence-corrected chi connectivity index (χ3v) is 3.22. The van der Waals surface area contributed by atoms with Gasteiger partial charge in [-0.15, -0.1) is 0 Å². The predicted molar refractivity (Wildman–Crippen MR) is 53.1 cm³/mol. The van der Waals surface area contributed by atoms with Crippen LogP contribution < -0.4 is 0 Å². The first-order valence-corrected chi connectivity index (χ1v) is 5.82. The highest BCUT2D eigenvalue weighted by Crippen LogP contribution is 2.37. The number of carbonyl (C=O) groups excluding carboxylic acids is 1. The molecule has 0 aromatic heterocycles. The van der Waals surface area contributed by atoms with Crippen LogP contribution in [-0.4, -0.2) is 24.2 Å². The molecule has 18 heavy (non-hydrogen) atoms. The quantitative estimate of drug-likeness (QED) is 0.579. The van der Waals surface area contributed by atoms with Crippen LogP contribution in [0, 0.1) is 5.92 Å². The van der Waals surface area contributed by atoms with Gasteiger partial charge in [0, 0.05) is 0 Å². The number of alkyl halides is 5. The van der Waals surface area contributed by atoms with Crippen LogP contribution in [0.4, 0.5) is 22.0 Å². The van der Waals surface area contributed by atoms with Gasteiger partial charge in [-0.05, 0) is 25.7 Å². The van der Waals surface area contributed by atoms with Crippen LogP contribution >= 0.6 is 0 Å². The van der Waals surface area contributed by atoms with E-state index in [1.807, 2.05) is 0 Å². The SMILES string of the molecule is CC(OC(=O)C(F)(F)C(F)(F)F)C1CCCCC1. The Hall–Kier alpha value is -0.880. The average Bonchev–Trinajstić information content (AvgIpc) is 2.28. The molecule has 0 N–H and O–H groups in total. The van der Waals surface area contributed by atoms with Crippen molar-refractivity contribution in [2.45, 2.75) is 57.2 Å². The summed E-state index contributed by atoms with van der Waals surface area (Å²) in [6, 6.07) is 0. The van der Waals surface area contributed by atoms with Crippen molar-refractivity contribution in [1.82, 2.24) is 0 Å². The first-order valence-electron chi connectivity index (χ1n) is 5.82. The lowest BCUT2D eigenvalue weighted by Gasteiger charge is -2.28. The van der Waals surface area contributed by atoms with Crippen molar-refractivity contribution in [3.05, 3.63) is 0 Å². The summed E-state index contributed by atoms with van der Waals surface area (Å²) >= 11 is 0. The van der Waals surface area contributed by atoms with Gasteiger partial charge in [-0.2, -0.15) is 22.0 Å². The number of ether oxygens (including phenoxy) is 1. The van der Waals surface area contributed by atoms with Gasteiger partial charge in [0.15, 0.2) is 0 Å². The van der Waals surface area contributed by atoms with Gasteiger partial charge in [-0.25, -0.2) is 4.79 Å². The summed E-state index contributed by atoms with van der Waals surface area (Å²) in [5.74, 6) is -8.07. The zero-order chi connectivity index (χ0) is 14.0. The van der Waals surface area contributed by atoms with Crippen LogP contribution in [-0.2, 0) is 9.53 Å². The maximum absolute atomic E-state index is 12.7. The predicted octanol–water partition coefficient (Wildman–Crippen LogP) is 3.70. The van der Waals surface area contributed by atoms with Crippen LogP contribution in [0.5, 0.6) is 0 Å². The van der Waals surface area contributed by atoms with Crippen LogP contribution in [0.1, 0.15) is 39.0 Å². The molecular weight excluding hydrogens is 259 g/mol. The van der Waals surface area contributed by atoms with Crippen molar-refractivity contribution in [1.29, 1.82) is 0 Å². The molecule has 1 rings (SSSR count). The molecule has 1 unspecified atom stereocenters. The van der Waals surface area contributed by atoms with E-state index in [-0.39, 0.29) is 5.92 Å². The molecule has 0 spiro atoms. The van der Waals surface area contributed by atoms with Crippen LogP contribution in [0.15, 0.2) is 0 Å². The second-order valence-corrected chi connectivity index (χ2v) is 4.58. The molecule has 7 heteroatoms. The summed E-state index contributed by atoms with van der Waals surface area (Å²) in [6.45, 7) is 1.36. The Labute approximate surface area is 101 Å². The number of hydrogen-bond acceptors (Lipinski definition) is 2. The average molecular weight is 274 g/mol. The first kappa shape index (κ1) is 15.2. The number of esters is 1. The smallest absolute Gasteiger partial charge is 0.458 e. The highest BCUT2D eigenvalue weighted by Gasteiger charge is 2.65. The van der Waals surface area contributed by atoms with E-state index in [0.717, 1.165) is 19.3 Å². The van der Waals surface area contributed by atoms with E-state index in [1.54, 1.807) is 0 Å². The highest BCUT2D eigenvalue weighted by atomic mass is 19.4. The maximum atomic E-state index is 12.7. The first-order chi connectivity index (χ1) is 8.16. The Kier molecular flexibility index (Phi) is 4.55. The molecule has 2 nitrogen and oxygen atoms in total. The molecule has 1 fully saturated rings. The number of carbonyl (C=O) groups is 1. The van der Waals surface area contributed by atoms with E-state index >= 15 is 0 Å². The van der Waals surface area contributed by atoms with E-state index in [4.69, 9.17) is 0 Å². The molecule has 1 atom stereocenters. The van der Waals surface area contributed by atoms with Gasteiger partial charge in [0.05, 0.1) is 0 Å². The van der Waals surface area contributed by atoms with Crippen molar-refractivity contribution in [2.75, 3.05) is 0 Å². The van der Waals surface area contributed by atoms with Crippen molar-refractivity contribution >= 4 is 5.97 Å². The largest absolute Gasteiger partial charge is 0.465 e. The fourth-order valence-corrected chi connectivity index (χ4v) is 2.06. The summed E-state index contributed by atoms with van der Waals surface area (Å²) in [6.07, 6.45) is -2.68. The number of halogens is 5. The highest BCUT2D eigenvalue weighted by molar-refractivity contribution is 5.78. The molecule has 1 aliphatic rings. The minimum Gasteiger partial charge on any atom is -0.458 e. The van der Waals surface area contributed by atoms with E-state index in [2.05, 4.69) is 4.74 Å². The fourth-order valence-electron chi connectivity index (χ4n) is 2.06. The summed E-state index contributed by atoms with van der Waals surface area (Å²) in [5, 5.41) is 0. The molecule has 0 aromatic carbocycles. The Morgan fingerprint density at radius 2 is 1.61 bits per heavy atom. The molecule has 0 heterocycles. The Bertz CT molecular complexity index is 294. The van der Waals surface area contributed by atoms with Gasteiger partial charge in [0.1, 0.15) is 6.10 Å². The Morgan fingerprint density at radius 3 is 2.06 bits per heavy atom. The summed E-state index contributed by atoms with van der Waals surface area (Å²) in [4.78, 5) is 10.9. The molecule has 0 aliphatic heterocycles. The lowest BCUT2D eigenvalue weighted by molar-refractivity contribution is -0.282. The second kappa shape index (κ2) is 5.40. The summed E-state index contributed by atoms with van der Waals surface area (Å²) in [7, 11) is 0. The number of rotatable bonds is 3. The summed E-state index contributed by atoms with van der Waals surface area (Å²) < 4.78 is 65.4. The Morgan fingerprint density at radius 1 is 1.11 bits per heavy atom. The third kappa shape index (κ3) is 3.32. The van der Waals surface area contributed by atoms with E-state index < -0.39 is 24.2 Å². The molecule has 0 bridgehead atoms. The zero-order valence-electron chi connectivity index (χ0n) is 9.90. The molecule has 106 valence electrons. The van der Waals surface area contributed by atoms with Crippen LogP contribution in [0.25, 0.3) is 0 Å². The lowest BCUT2D eigenvalue weighted by atomic mass is 9.86. The van der Waals surface area contributed by atoms with Gasteiger partial charge in [-0.1, -0.05) is 19.3 Å². The van der Waals surface area contributed by atoms with E-state index in [9.17, 15) is 26.7 Å². The van der Waals surface area contributed by atoms with Gasteiger partial charge >= 0.3 is 18.1 Å². The minimum absolute atomic E-state index is 0.133. The van der Waals surface area contributed by atoms with Crippen molar-refractivity contribution < 1.29 is 31.5 Å². The van der Waals surface area contributed by atoms with Crippen LogP contribution in [0.2, 0.25) is 0 Å². The zero-order valence-corrected chi connectivity index (χ0v) is 9.90. The van der Waals surface area contributed by atoms with E-state index in [0.29, 0.717) is 12.8 Å². The molecule has 0 aromatic rings. The monoisotopic (exact) mass is 274 g/mol. The Balaban J connectivity index is 2.58. The van der Waals surface area contributed by atoms with Crippen molar-refractivity contribution in [3.8, 4) is 0 Å². The molecule has 0 amide bonds. The molecule has 1 saturated carbocycles. The lowest BCUT2D eigenvalue weighted by Crippen LogP contribution is -2.46. The van der Waals surface area contributed by atoms with Crippen molar-refractivity contribution in [3.63, 3.8) is 0 Å². The minimum atomic E-state index is -5.91. The van der Waals surface area contributed by atoms with Gasteiger partial charge in [-0.3, -0.25) is 0 Å². The second-order valence-electron chi connectivity index (χ2n) is 4.58. The molecular formula is C11H15F5O2. The molecule has 1 aliphatic carbocycles. The topological polar surface area (TPSA) is 26.3 Å². The van der Waals surface area contributed by atoms with Gasteiger partial charge in [0.25, 0.3) is 0 Å². The third-order valence-electron chi connectivity index (χ3n) is 3.22. The van der Waals surface area contributed by atoms with E-state index in [1.165, 1.54) is 6.92 Å². The number of hydrogen-bond donors (Lipinski definition) is 0. The van der Waals surface area contributed by atoms with Gasteiger partial charge in [0.2, 0.25) is 0 Å². The summed E-state index contributed by atoms with van der Waals surface area (Å²) in [5.41, 5.74) is 0. The maximum Gasteiger partial charge on any atom is 0.465 e. The van der Waals surface area contributed by atoms with Gasteiger partial charge < -0.3 is 4.74 Å². The molecule has 0 saturated heterocycles. The van der Waals surface area contributed by atoms with Crippen LogP contribution in [0.3, 0.4) is 0 Å².